The van der Waals surface area contributed by atoms with E-state index in [4.69, 9.17) is 4.74 Å². The van der Waals surface area contributed by atoms with Crippen molar-refractivity contribution in [3.05, 3.63) is 84.3 Å². The zero-order valence-electron chi connectivity index (χ0n) is 18.3. The van der Waals surface area contributed by atoms with Crippen LogP contribution in [0.1, 0.15) is 23.5 Å². The summed E-state index contributed by atoms with van der Waals surface area (Å²) in [6.07, 6.45) is 3.93. The maximum Gasteiger partial charge on any atom is 0.262 e. The van der Waals surface area contributed by atoms with E-state index in [-0.39, 0.29) is 17.0 Å². The maximum atomic E-state index is 13.1. The summed E-state index contributed by atoms with van der Waals surface area (Å²) in [6.45, 7) is 2.88. The molecule has 7 nitrogen and oxygen atoms in total. The Balaban J connectivity index is 1.35. The van der Waals surface area contributed by atoms with Gasteiger partial charge in [0.15, 0.2) is 5.03 Å². The van der Waals surface area contributed by atoms with Crippen molar-refractivity contribution in [3.63, 3.8) is 0 Å². The van der Waals surface area contributed by atoms with Crippen LogP contribution in [-0.2, 0) is 28.4 Å². The van der Waals surface area contributed by atoms with Gasteiger partial charge in [-0.1, -0.05) is 60.7 Å². The first-order chi connectivity index (χ1) is 15.5. The third kappa shape index (κ3) is 5.45. The number of nitrogens with zero attached hydrogens (tertiary/aromatic N) is 3. The Labute approximate surface area is 190 Å². The number of nitrogens with one attached hydrogen (secondary N) is 1. The van der Waals surface area contributed by atoms with E-state index in [1.807, 2.05) is 36.4 Å². The SMILES string of the molecule is Cn1cnc(S(=O)(=O)N2C[C@H](NCCCOCc3ccccc3)[C@@H](c3ccccc3)C2)c1. The molecule has 0 spiro atoms. The Morgan fingerprint density at radius 3 is 2.47 bits per heavy atom. The smallest absolute Gasteiger partial charge is 0.262 e. The molecule has 4 rings (SSSR count). The minimum absolute atomic E-state index is 0.0324. The second-order valence-electron chi connectivity index (χ2n) is 8.17. The number of aryl methyl sites for hydroxylation is 1. The van der Waals surface area contributed by atoms with Crippen molar-refractivity contribution in [1.82, 2.24) is 19.2 Å². The summed E-state index contributed by atoms with van der Waals surface area (Å²) < 4.78 is 35.2. The van der Waals surface area contributed by atoms with Crippen LogP contribution in [0.15, 0.2) is 78.2 Å². The van der Waals surface area contributed by atoms with Gasteiger partial charge in [0.2, 0.25) is 0 Å². The fourth-order valence-corrected chi connectivity index (χ4v) is 5.55. The van der Waals surface area contributed by atoms with Crippen LogP contribution in [0.4, 0.5) is 0 Å². The number of aromatic nitrogens is 2. The average Bonchev–Trinajstić information content (AvgIpc) is 3.45. The first kappa shape index (κ1) is 22.7. The molecule has 0 amide bonds. The standard InChI is InChI=1S/C24H30N4O3S/c1-27-17-24(26-19-27)32(29,30)28-15-22(21-11-6-3-7-12-21)23(16-28)25-13-8-14-31-18-20-9-4-2-5-10-20/h2-7,9-12,17,19,22-23,25H,8,13-16,18H2,1H3/t22-,23+/m1/s1. The number of ether oxygens (including phenoxy) is 1. The molecule has 1 saturated heterocycles. The highest BCUT2D eigenvalue weighted by Gasteiger charge is 2.40. The molecule has 32 heavy (non-hydrogen) atoms. The first-order valence-electron chi connectivity index (χ1n) is 10.9. The van der Waals surface area contributed by atoms with Crippen LogP contribution < -0.4 is 5.32 Å². The second kappa shape index (κ2) is 10.4. The Kier molecular flexibility index (Phi) is 7.36. The van der Waals surface area contributed by atoms with Crippen LogP contribution >= 0.6 is 0 Å². The summed E-state index contributed by atoms with van der Waals surface area (Å²) in [4.78, 5) is 4.07. The summed E-state index contributed by atoms with van der Waals surface area (Å²) in [5.41, 5.74) is 2.31. The minimum atomic E-state index is -3.62. The first-order valence-corrected chi connectivity index (χ1v) is 12.4. The van der Waals surface area contributed by atoms with Gasteiger partial charge < -0.3 is 14.6 Å². The predicted molar refractivity (Wildman–Crippen MR) is 124 cm³/mol. The van der Waals surface area contributed by atoms with Crippen LogP contribution in [0.5, 0.6) is 0 Å². The molecular weight excluding hydrogens is 424 g/mol. The van der Waals surface area contributed by atoms with Crippen LogP contribution in [0.3, 0.4) is 0 Å². The lowest BCUT2D eigenvalue weighted by Crippen LogP contribution is -2.37. The normalized spacial score (nSPS) is 19.4. The van der Waals surface area contributed by atoms with Crippen molar-refractivity contribution in [2.75, 3.05) is 26.2 Å². The Bertz CT molecular complexity index is 1090. The Morgan fingerprint density at radius 2 is 1.78 bits per heavy atom. The van der Waals surface area contributed by atoms with Crippen LogP contribution in [-0.4, -0.2) is 54.6 Å². The molecule has 1 aromatic heterocycles. The summed E-state index contributed by atoms with van der Waals surface area (Å²) in [7, 11) is -1.85. The van der Waals surface area contributed by atoms with Crippen molar-refractivity contribution < 1.29 is 13.2 Å². The molecule has 2 aromatic carbocycles. The molecule has 0 bridgehead atoms. The topological polar surface area (TPSA) is 76.5 Å². The van der Waals surface area contributed by atoms with E-state index in [0.29, 0.717) is 26.3 Å². The molecule has 1 aliphatic heterocycles. The van der Waals surface area contributed by atoms with Gasteiger partial charge in [-0.05, 0) is 24.1 Å². The van der Waals surface area contributed by atoms with Crippen LogP contribution in [0, 0.1) is 0 Å². The van der Waals surface area contributed by atoms with Gasteiger partial charge in [-0.2, -0.15) is 4.31 Å². The molecule has 0 radical (unpaired) electrons. The fourth-order valence-electron chi connectivity index (χ4n) is 4.09. The van der Waals surface area contributed by atoms with Crippen molar-refractivity contribution in [2.24, 2.45) is 7.05 Å². The summed E-state index contributed by atoms with van der Waals surface area (Å²) in [5.74, 6) is 0.0833. The molecule has 1 fully saturated rings. The molecule has 8 heteroatoms. The van der Waals surface area contributed by atoms with Gasteiger partial charge in [0.05, 0.1) is 12.9 Å². The van der Waals surface area contributed by atoms with E-state index >= 15 is 0 Å². The van der Waals surface area contributed by atoms with Crippen LogP contribution in [0.25, 0.3) is 0 Å². The highest BCUT2D eigenvalue weighted by molar-refractivity contribution is 7.89. The molecule has 2 atom stereocenters. The summed E-state index contributed by atoms with van der Waals surface area (Å²) >= 11 is 0. The van der Waals surface area contributed by atoms with E-state index in [9.17, 15) is 8.42 Å². The molecule has 1 aliphatic rings. The van der Waals surface area contributed by atoms with E-state index in [1.165, 1.54) is 6.33 Å². The van der Waals surface area contributed by atoms with E-state index in [2.05, 4.69) is 34.6 Å². The molecule has 3 aromatic rings. The number of imidazole rings is 1. The molecule has 0 unspecified atom stereocenters. The number of hydrogen-bond donors (Lipinski definition) is 1. The number of sulfonamides is 1. The minimum Gasteiger partial charge on any atom is -0.377 e. The highest BCUT2D eigenvalue weighted by atomic mass is 32.2. The molecule has 0 aliphatic carbocycles. The third-order valence-corrected chi connectivity index (χ3v) is 7.50. The van der Waals surface area contributed by atoms with Gasteiger partial charge >= 0.3 is 0 Å². The van der Waals surface area contributed by atoms with Crippen molar-refractivity contribution in [2.45, 2.75) is 30.0 Å². The summed E-state index contributed by atoms with van der Waals surface area (Å²) in [6, 6.07) is 20.3. The zero-order chi connectivity index (χ0) is 22.4. The predicted octanol–water partition coefficient (Wildman–Crippen LogP) is 2.77. The fraction of sp³-hybridized carbons (Fsp3) is 0.375. The summed E-state index contributed by atoms with van der Waals surface area (Å²) in [5, 5.41) is 3.67. The monoisotopic (exact) mass is 454 g/mol. The van der Waals surface area contributed by atoms with Gasteiger partial charge in [-0.15, -0.1) is 0 Å². The van der Waals surface area contributed by atoms with Crippen molar-refractivity contribution in [1.29, 1.82) is 0 Å². The highest BCUT2D eigenvalue weighted by Crippen LogP contribution is 2.31. The van der Waals surface area contributed by atoms with E-state index in [1.54, 1.807) is 22.1 Å². The largest absolute Gasteiger partial charge is 0.377 e. The van der Waals surface area contributed by atoms with Gasteiger partial charge in [0.1, 0.15) is 0 Å². The van der Waals surface area contributed by atoms with E-state index < -0.39 is 10.0 Å². The quantitative estimate of drug-likeness (QED) is 0.477. The number of rotatable bonds is 10. The zero-order valence-corrected chi connectivity index (χ0v) is 19.1. The van der Waals surface area contributed by atoms with Gasteiger partial charge in [0, 0.05) is 44.9 Å². The maximum absolute atomic E-state index is 13.1. The molecule has 170 valence electrons. The van der Waals surface area contributed by atoms with Crippen LogP contribution in [0.2, 0.25) is 0 Å². The lowest BCUT2D eigenvalue weighted by atomic mass is 9.94. The third-order valence-electron chi connectivity index (χ3n) is 5.78. The van der Waals surface area contributed by atoms with Gasteiger partial charge in [-0.25, -0.2) is 13.4 Å². The average molecular weight is 455 g/mol. The molecule has 2 heterocycles. The Morgan fingerprint density at radius 1 is 1.06 bits per heavy atom. The van der Waals surface area contributed by atoms with Gasteiger partial charge in [-0.3, -0.25) is 0 Å². The van der Waals surface area contributed by atoms with E-state index in [0.717, 1.165) is 24.1 Å². The molecular formula is C24H30N4O3S. The lowest BCUT2D eigenvalue weighted by molar-refractivity contribution is 0.118. The van der Waals surface area contributed by atoms with Gasteiger partial charge in [0.25, 0.3) is 10.0 Å². The molecule has 1 N–H and O–H groups in total. The van der Waals surface area contributed by atoms with Crippen molar-refractivity contribution >= 4 is 10.0 Å². The second-order valence-corrected chi connectivity index (χ2v) is 10.1. The lowest BCUT2D eigenvalue weighted by Gasteiger charge is -2.20. The number of benzene rings is 2. The number of hydrogen-bond acceptors (Lipinski definition) is 5. The van der Waals surface area contributed by atoms with Crippen molar-refractivity contribution in [3.8, 4) is 0 Å². The Hall–Kier alpha value is -2.52. The molecule has 0 saturated carbocycles.